The largest absolute Gasteiger partial charge is 0.473 e. The summed E-state index contributed by atoms with van der Waals surface area (Å²) < 4.78 is 9.06. The molecular formula is C16H16N2O2S. The van der Waals surface area contributed by atoms with Crippen molar-refractivity contribution in [2.75, 3.05) is 0 Å². The van der Waals surface area contributed by atoms with Crippen LogP contribution in [-0.2, 0) is 0 Å². The lowest BCUT2D eigenvalue weighted by molar-refractivity contribution is 0.558. The average molecular weight is 300 g/mol. The monoisotopic (exact) mass is 300 g/mol. The van der Waals surface area contributed by atoms with Gasteiger partial charge >= 0.3 is 0 Å². The van der Waals surface area contributed by atoms with Crippen molar-refractivity contribution in [2.24, 2.45) is 0 Å². The Morgan fingerprint density at radius 3 is 1.48 bits per heavy atom. The minimum absolute atomic E-state index is 1.38. The molecule has 0 N–H and O–H groups in total. The van der Waals surface area contributed by atoms with Crippen molar-refractivity contribution in [3.63, 3.8) is 0 Å². The maximum absolute atomic E-state index is 4.58. The van der Waals surface area contributed by atoms with Crippen molar-refractivity contribution >= 4 is 11.3 Å². The molecule has 4 nitrogen and oxygen atoms in total. The first-order valence-electron chi connectivity index (χ1n) is 6.11. The van der Waals surface area contributed by atoms with E-state index in [1.54, 1.807) is 42.5 Å². The SMILES string of the molecule is c1ccncc1.c1ccoc1.c1ccsc1.c1cocn1. The number of furan rings is 1. The predicted molar refractivity (Wildman–Crippen MR) is 83.8 cm³/mol. The zero-order valence-corrected chi connectivity index (χ0v) is 12.2. The van der Waals surface area contributed by atoms with E-state index in [1.165, 1.54) is 12.7 Å². The van der Waals surface area contributed by atoms with E-state index in [1.807, 2.05) is 53.2 Å². The standard InChI is InChI=1S/C5H5N.C4H4O.C4H4S.C3H3NO/c1-2-4-6-5-3-1;2*1-2-4-5-3-1;1-2-5-3-4-1/h1-5H;2*1-4H;1-3H. The molecule has 5 heteroatoms. The summed E-state index contributed by atoms with van der Waals surface area (Å²) in [7, 11) is 0. The van der Waals surface area contributed by atoms with Gasteiger partial charge in [-0.3, -0.25) is 4.98 Å². The van der Waals surface area contributed by atoms with Crippen molar-refractivity contribution in [3.8, 4) is 0 Å². The Labute approximate surface area is 127 Å². The van der Waals surface area contributed by atoms with E-state index in [9.17, 15) is 0 Å². The molecule has 0 bridgehead atoms. The molecule has 0 saturated heterocycles. The normalized spacial score (nSPS) is 8.00. The van der Waals surface area contributed by atoms with Crippen LogP contribution in [0, 0.1) is 0 Å². The quantitative estimate of drug-likeness (QED) is 0.469. The molecule has 4 aromatic rings. The summed E-state index contributed by atoms with van der Waals surface area (Å²) in [5.74, 6) is 0. The van der Waals surface area contributed by atoms with Crippen LogP contribution in [0.25, 0.3) is 0 Å². The zero-order chi connectivity index (χ0) is 14.8. The molecule has 0 saturated carbocycles. The first-order valence-corrected chi connectivity index (χ1v) is 7.06. The van der Waals surface area contributed by atoms with Crippen LogP contribution in [0.3, 0.4) is 0 Å². The Kier molecular flexibility index (Phi) is 10.7. The summed E-state index contributed by atoms with van der Waals surface area (Å²) in [6.07, 6.45) is 11.2. The fraction of sp³-hybridized carbons (Fsp3) is 0. The third-order valence-electron chi connectivity index (χ3n) is 1.76. The molecule has 0 aliphatic carbocycles. The van der Waals surface area contributed by atoms with E-state index in [-0.39, 0.29) is 0 Å². The molecule has 0 aromatic carbocycles. The molecule has 4 aromatic heterocycles. The summed E-state index contributed by atoms with van der Waals surface area (Å²) in [6.45, 7) is 0. The van der Waals surface area contributed by atoms with Gasteiger partial charge < -0.3 is 8.83 Å². The Hall–Kier alpha value is -2.66. The average Bonchev–Trinajstić information content (AvgIpc) is 3.38. The molecule has 0 fully saturated rings. The summed E-state index contributed by atoms with van der Waals surface area (Å²) >= 11 is 1.71. The molecule has 0 aliphatic heterocycles. The molecular weight excluding hydrogens is 284 g/mol. The fourth-order valence-corrected chi connectivity index (χ4v) is 1.40. The summed E-state index contributed by atoms with van der Waals surface area (Å²) in [4.78, 5) is 7.34. The van der Waals surface area contributed by atoms with Gasteiger partial charge in [-0.05, 0) is 35.0 Å². The molecule has 108 valence electrons. The number of aromatic nitrogens is 2. The highest BCUT2D eigenvalue weighted by Gasteiger charge is 1.60. The predicted octanol–water partition coefficient (Wildman–Crippen LogP) is 4.78. The lowest BCUT2D eigenvalue weighted by Crippen LogP contribution is -1.58. The highest BCUT2D eigenvalue weighted by Crippen LogP contribution is 1.91. The molecule has 0 unspecified atom stereocenters. The van der Waals surface area contributed by atoms with Gasteiger partial charge in [0.15, 0.2) is 6.39 Å². The van der Waals surface area contributed by atoms with Crippen LogP contribution in [0.2, 0.25) is 0 Å². The van der Waals surface area contributed by atoms with Crippen molar-refractivity contribution in [2.45, 2.75) is 0 Å². The summed E-state index contributed by atoms with van der Waals surface area (Å²) in [6, 6.07) is 13.4. The number of thiophene rings is 1. The minimum Gasteiger partial charge on any atom is -0.473 e. The second-order valence-electron chi connectivity index (χ2n) is 3.29. The van der Waals surface area contributed by atoms with E-state index in [0.29, 0.717) is 0 Å². The number of oxazole rings is 1. The minimum atomic E-state index is 1.38. The van der Waals surface area contributed by atoms with Crippen molar-refractivity contribution < 1.29 is 8.83 Å². The van der Waals surface area contributed by atoms with Gasteiger partial charge in [0.2, 0.25) is 0 Å². The topological polar surface area (TPSA) is 52.1 Å². The van der Waals surface area contributed by atoms with Crippen LogP contribution < -0.4 is 0 Å². The fourth-order valence-electron chi connectivity index (χ4n) is 0.942. The third kappa shape index (κ3) is 12.1. The third-order valence-corrected chi connectivity index (χ3v) is 2.39. The van der Waals surface area contributed by atoms with E-state index < -0.39 is 0 Å². The number of rotatable bonds is 0. The van der Waals surface area contributed by atoms with Gasteiger partial charge in [-0.1, -0.05) is 18.2 Å². The Morgan fingerprint density at radius 2 is 1.29 bits per heavy atom. The molecule has 4 rings (SSSR count). The van der Waals surface area contributed by atoms with Crippen LogP contribution in [0.4, 0.5) is 0 Å². The van der Waals surface area contributed by atoms with Crippen LogP contribution in [0.1, 0.15) is 0 Å². The van der Waals surface area contributed by atoms with Crippen molar-refractivity contribution in [3.05, 3.63) is 97.0 Å². The second-order valence-corrected chi connectivity index (χ2v) is 4.10. The van der Waals surface area contributed by atoms with Gasteiger partial charge in [0, 0.05) is 12.4 Å². The molecule has 21 heavy (non-hydrogen) atoms. The maximum atomic E-state index is 4.58. The Bertz CT molecular complexity index is 423. The maximum Gasteiger partial charge on any atom is 0.180 e. The lowest BCUT2D eigenvalue weighted by Gasteiger charge is -1.70. The van der Waals surface area contributed by atoms with Gasteiger partial charge in [0.05, 0.1) is 18.7 Å². The van der Waals surface area contributed by atoms with Crippen LogP contribution >= 0.6 is 11.3 Å². The molecule has 4 heterocycles. The Morgan fingerprint density at radius 1 is 0.571 bits per heavy atom. The van der Waals surface area contributed by atoms with Crippen LogP contribution in [0.5, 0.6) is 0 Å². The van der Waals surface area contributed by atoms with Gasteiger partial charge in [0.25, 0.3) is 0 Å². The van der Waals surface area contributed by atoms with E-state index in [2.05, 4.69) is 18.8 Å². The summed E-state index contributed by atoms with van der Waals surface area (Å²) in [5, 5.41) is 4.08. The molecule has 0 atom stereocenters. The molecule has 0 radical (unpaired) electrons. The number of hydrogen-bond donors (Lipinski definition) is 0. The summed E-state index contributed by atoms with van der Waals surface area (Å²) in [5.41, 5.74) is 0. The highest BCUT2D eigenvalue weighted by molar-refractivity contribution is 7.07. The number of hydrogen-bond acceptors (Lipinski definition) is 5. The van der Waals surface area contributed by atoms with Gasteiger partial charge in [-0.15, -0.1) is 0 Å². The highest BCUT2D eigenvalue weighted by atomic mass is 32.1. The van der Waals surface area contributed by atoms with Gasteiger partial charge in [-0.2, -0.15) is 11.3 Å². The van der Waals surface area contributed by atoms with E-state index >= 15 is 0 Å². The first kappa shape index (κ1) is 16.4. The molecule has 0 spiro atoms. The van der Waals surface area contributed by atoms with Crippen LogP contribution in [-0.4, -0.2) is 9.97 Å². The van der Waals surface area contributed by atoms with Gasteiger partial charge in [0.1, 0.15) is 6.26 Å². The molecule has 0 amide bonds. The van der Waals surface area contributed by atoms with E-state index in [0.717, 1.165) is 0 Å². The van der Waals surface area contributed by atoms with Crippen molar-refractivity contribution in [1.29, 1.82) is 0 Å². The Balaban J connectivity index is 0.000000140. The first-order chi connectivity index (χ1) is 10.5. The zero-order valence-electron chi connectivity index (χ0n) is 11.4. The van der Waals surface area contributed by atoms with Crippen LogP contribution in [0.15, 0.2) is 106 Å². The van der Waals surface area contributed by atoms with Gasteiger partial charge in [-0.25, -0.2) is 4.98 Å². The molecule has 0 aliphatic rings. The second kappa shape index (κ2) is 13.8. The van der Waals surface area contributed by atoms with E-state index in [4.69, 9.17) is 0 Å². The number of pyridine rings is 1. The smallest absolute Gasteiger partial charge is 0.180 e. The number of nitrogens with zero attached hydrogens (tertiary/aromatic N) is 2. The van der Waals surface area contributed by atoms with Crippen molar-refractivity contribution in [1.82, 2.24) is 9.97 Å². The lowest BCUT2D eigenvalue weighted by atomic mass is 10.5.